The van der Waals surface area contributed by atoms with Crippen LogP contribution < -0.4 is 25.7 Å². The van der Waals surface area contributed by atoms with E-state index in [0.29, 0.717) is 36.5 Å². The van der Waals surface area contributed by atoms with Gasteiger partial charge in [0.05, 0.1) is 24.8 Å². The third-order valence-corrected chi connectivity index (χ3v) is 10.4. The highest BCUT2D eigenvalue weighted by atomic mass is 16.5. The lowest BCUT2D eigenvalue weighted by Gasteiger charge is -2.32. The maximum absolute atomic E-state index is 13.6. The number of rotatable bonds is 12. The van der Waals surface area contributed by atoms with Gasteiger partial charge in [-0.1, -0.05) is 87.0 Å². The second kappa shape index (κ2) is 17.9. The summed E-state index contributed by atoms with van der Waals surface area (Å²) in [6.45, 7) is 12.3. The molecule has 1 aromatic heterocycles. The number of pyridine rings is 1. The number of aromatic nitrogens is 1. The smallest absolute Gasteiger partial charge is 0.319 e. The number of amides is 2. The highest BCUT2D eigenvalue weighted by Crippen LogP contribution is 2.38. The van der Waals surface area contributed by atoms with Gasteiger partial charge in [0, 0.05) is 42.5 Å². The van der Waals surface area contributed by atoms with E-state index in [1.54, 1.807) is 16.8 Å². The van der Waals surface area contributed by atoms with Crippen LogP contribution in [0.1, 0.15) is 92.0 Å². The summed E-state index contributed by atoms with van der Waals surface area (Å²) < 4.78 is 13.7. The normalized spacial score (nSPS) is 17.6. The molecule has 1 fully saturated rings. The molecule has 0 spiro atoms. The average molecular weight is 743 g/mol. The largest absolute Gasteiger partial charge is 0.483 e. The predicted molar refractivity (Wildman–Crippen MR) is 219 cm³/mol. The number of hydrogen-bond acceptors (Lipinski definition) is 7. The van der Waals surface area contributed by atoms with Gasteiger partial charge in [0.2, 0.25) is 5.82 Å². The van der Waals surface area contributed by atoms with Crippen molar-refractivity contribution in [3.05, 3.63) is 136 Å². The quantitative estimate of drug-likeness (QED) is 0.0573. The van der Waals surface area contributed by atoms with Crippen molar-refractivity contribution in [2.45, 2.75) is 78.5 Å². The number of nitrogen functional groups attached to an aromatic ring is 1. The first kappa shape index (κ1) is 39.4. The monoisotopic (exact) mass is 742 g/mol. The second-order valence-electron chi connectivity index (χ2n) is 15.7. The zero-order chi connectivity index (χ0) is 39.0. The molecule has 1 aliphatic carbocycles. The zero-order valence-electron chi connectivity index (χ0n) is 32.7. The van der Waals surface area contributed by atoms with Crippen LogP contribution in [0, 0.1) is 23.2 Å². The van der Waals surface area contributed by atoms with E-state index < -0.39 is 0 Å². The van der Waals surface area contributed by atoms with Gasteiger partial charge in [-0.15, -0.1) is 0 Å². The minimum absolute atomic E-state index is 0.206. The Morgan fingerprint density at radius 2 is 1.64 bits per heavy atom. The molecule has 6 rings (SSSR count). The van der Waals surface area contributed by atoms with Gasteiger partial charge < -0.3 is 31.3 Å². The van der Waals surface area contributed by atoms with Gasteiger partial charge in [0.15, 0.2) is 5.75 Å². The molecule has 0 unspecified atom stereocenters. The maximum Gasteiger partial charge on any atom is 0.319 e. The zero-order valence-corrected chi connectivity index (χ0v) is 32.7. The summed E-state index contributed by atoms with van der Waals surface area (Å²) in [6.07, 6.45) is 7.10. The fraction of sp³-hybridized carbons (Fsp3) is 0.378. The molecule has 10 nitrogen and oxygen atoms in total. The van der Waals surface area contributed by atoms with Crippen LogP contribution in [-0.2, 0) is 17.7 Å². The molecule has 0 saturated carbocycles. The van der Waals surface area contributed by atoms with Crippen LogP contribution in [-0.4, -0.2) is 48.8 Å². The molecule has 4 aromatic rings. The Morgan fingerprint density at radius 1 is 0.945 bits per heavy atom. The molecule has 2 atom stereocenters. The van der Waals surface area contributed by atoms with E-state index >= 15 is 0 Å². The van der Waals surface area contributed by atoms with Gasteiger partial charge in [0.1, 0.15) is 12.3 Å². The topological polar surface area (TPSA) is 140 Å². The minimum Gasteiger partial charge on any atom is -0.483 e. The molecule has 0 bridgehead atoms. The Kier molecular flexibility index (Phi) is 12.8. The first-order valence-corrected chi connectivity index (χ1v) is 19.4. The lowest BCUT2D eigenvalue weighted by atomic mass is 9.85. The van der Waals surface area contributed by atoms with Crippen LogP contribution in [0.25, 0.3) is 0 Å². The number of benzene rings is 3. The number of ether oxygens (including phenoxy) is 2. The van der Waals surface area contributed by atoms with E-state index in [2.05, 4.69) is 64.9 Å². The minimum atomic E-state index is -0.337. The Labute approximate surface area is 325 Å². The number of nitrogens with two attached hydrogens (primary N) is 1. The van der Waals surface area contributed by atoms with Crippen LogP contribution in [0.5, 0.6) is 5.75 Å². The van der Waals surface area contributed by atoms with Crippen LogP contribution in [0.3, 0.4) is 0 Å². The van der Waals surface area contributed by atoms with Crippen LogP contribution in [0.2, 0.25) is 0 Å². The van der Waals surface area contributed by atoms with E-state index in [0.717, 1.165) is 68.1 Å². The van der Waals surface area contributed by atoms with Gasteiger partial charge >= 0.3 is 6.03 Å². The van der Waals surface area contributed by atoms with Crippen molar-refractivity contribution in [1.29, 1.82) is 10.8 Å². The molecule has 2 aliphatic rings. The van der Waals surface area contributed by atoms with Crippen molar-refractivity contribution in [2.75, 3.05) is 32.0 Å². The van der Waals surface area contributed by atoms with Crippen molar-refractivity contribution < 1.29 is 18.8 Å². The molecule has 2 heterocycles. The number of carbonyl (C=O) groups is 1. The van der Waals surface area contributed by atoms with Crippen molar-refractivity contribution in [3.63, 3.8) is 0 Å². The maximum atomic E-state index is 13.6. The summed E-state index contributed by atoms with van der Waals surface area (Å²) in [5, 5.41) is 24.0. The first-order valence-electron chi connectivity index (χ1n) is 19.4. The fourth-order valence-electron chi connectivity index (χ4n) is 7.01. The van der Waals surface area contributed by atoms with Crippen LogP contribution in [0.15, 0.2) is 103 Å². The third kappa shape index (κ3) is 10.7. The van der Waals surface area contributed by atoms with E-state index in [9.17, 15) is 4.79 Å². The number of allylic oxidation sites excluding steroid dienone is 2. The van der Waals surface area contributed by atoms with Gasteiger partial charge in [-0.2, -0.15) is 9.98 Å². The van der Waals surface area contributed by atoms with Gasteiger partial charge in [-0.05, 0) is 85.6 Å². The SMILES string of the molecule is Cc1ccc(CCC/C(=C\C(=N)C(C)(C)C)NC(=O)N[C@H]2CC[C@@H](Oc3ccc(N)[n+](C(=N)c4ccc(CN5CCOCC5)cc4)c3)c3ccccc32)cc1. The average Bonchev–Trinajstić information content (AvgIpc) is 3.17. The molecule has 0 radical (unpaired) electrons. The number of carbonyl (C=O) groups excluding carboxylic acids is 1. The second-order valence-corrected chi connectivity index (χ2v) is 15.7. The number of anilines is 1. The van der Waals surface area contributed by atoms with Crippen molar-refractivity contribution >= 4 is 23.4 Å². The van der Waals surface area contributed by atoms with Crippen LogP contribution >= 0.6 is 0 Å². The summed E-state index contributed by atoms with van der Waals surface area (Å²) in [5.41, 5.74) is 13.7. The Balaban J connectivity index is 1.10. The Hall–Kier alpha value is -5.32. The van der Waals surface area contributed by atoms with Crippen molar-refractivity contribution in [3.8, 4) is 5.75 Å². The standard InChI is InChI=1S/C45H55N7O3/c1-31-12-14-32(15-13-31)8-7-9-35(28-41(46)45(2,3)4)49-44(53)50-39-21-22-40(38-11-6-5-10-37(38)39)55-36-20-23-42(47)52(30-36)43(48)34-18-16-33(17-19-34)29-51-24-26-54-27-25-51/h5-6,10-20,23,28,30,39-40,47-48H,7-9,21-22,24-27,29H2,1-4H3,(H3,46,49,50,53)/p+1/t39-,40+/m0/s1. The van der Waals surface area contributed by atoms with Gasteiger partial charge in [-0.3, -0.25) is 4.90 Å². The summed E-state index contributed by atoms with van der Waals surface area (Å²) in [4.78, 5) is 15.9. The highest BCUT2D eigenvalue weighted by Gasteiger charge is 2.30. The molecule has 1 aliphatic heterocycles. The molecule has 10 heteroatoms. The number of nitrogens with zero attached hydrogens (tertiary/aromatic N) is 2. The summed E-state index contributed by atoms with van der Waals surface area (Å²) in [7, 11) is 0. The lowest BCUT2D eigenvalue weighted by molar-refractivity contribution is -0.540. The number of urea groups is 1. The summed E-state index contributed by atoms with van der Waals surface area (Å²) >= 11 is 0. The third-order valence-electron chi connectivity index (χ3n) is 10.4. The van der Waals surface area contributed by atoms with Gasteiger partial charge in [0.25, 0.3) is 5.84 Å². The Bertz CT molecular complexity index is 1990. The van der Waals surface area contributed by atoms with Crippen molar-refractivity contribution in [2.24, 2.45) is 5.41 Å². The summed E-state index contributed by atoms with van der Waals surface area (Å²) in [5.74, 6) is 1.31. The molecule has 1 saturated heterocycles. The molecule has 288 valence electrons. The molecular weight excluding hydrogens is 687 g/mol. The van der Waals surface area contributed by atoms with E-state index in [1.165, 1.54) is 16.7 Å². The number of nitrogens with one attached hydrogen (secondary N) is 4. The number of hydrogen-bond donors (Lipinski definition) is 5. The Morgan fingerprint density at radius 3 is 2.35 bits per heavy atom. The van der Waals surface area contributed by atoms with Crippen LogP contribution in [0.4, 0.5) is 10.6 Å². The molecule has 3 aromatic carbocycles. The fourth-order valence-corrected chi connectivity index (χ4v) is 7.01. The molecule has 2 amide bonds. The van der Waals surface area contributed by atoms with E-state index in [-0.39, 0.29) is 29.4 Å². The van der Waals surface area contributed by atoms with E-state index in [1.807, 2.05) is 63.2 Å². The molecule has 6 N–H and O–H groups in total. The number of fused-ring (bicyclic) bond motifs is 1. The van der Waals surface area contributed by atoms with E-state index in [4.69, 9.17) is 26.0 Å². The lowest BCUT2D eigenvalue weighted by Crippen LogP contribution is -2.45. The molecular formula is C45H56N7O3+. The molecule has 55 heavy (non-hydrogen) atoms. The number of morpholine rings is 1. The first-order chi connectivity index (χ1) is 26.4. The highest BCUT2D eigenvalue weighted by molar-refractivity contribution is 5.97. The summed E-state index contributed by atoms with van der Waals surface area (Å²) in [6, 6.07) is 27.8. The number of aryl methyl sites for hydroxylation is 2. The predicted octanol–water partition coefficient (Wildman–Crippen LogP) is 7.80. The van der Waals surface area contributed by atoms with Gasteiger partial charge in [-0.25, -0.2) is 4.79 Å². The van der Waals surface area contributed by atoms with Crippen molar-refractivity contribution in [1.82, 2.24) is 15.5 Å².